The summed E-state index contributed by atoms with van der Waals surface area (Å²) in [7, 11) is -5.14. The number of nitrogens with zero attached hydrogens (tertiary/aromatic N) is 2. The Morgan fingerprint density at radius 2 is 1.88 bits per heavy atom. The molecule has 2 fully saturated rings. The van der Waals surface area contributed by atoms with Crippen LogP contribution in [0.25, 0.3) is 0 Å². The van der Waals surface area contributed by atoms with Crippen LogP contribution in [-0.2, 0) is 19.9 Å². The Hall–Kier alpha value is -1.45. The van der Waals surface area contributed by atoms with Crippen LogP contribution >= 0.6 is 0 Å². The lowest BCUT2D eigenvalue weighted by atomic mass is 10.1. The highest BCUT2D eigenvalue weighted by Crippen LogP contribution is 2.23. The fourth-order valence-electron chi connectivity index (χ4n) is 3.49. The molecule has 144 valence electrons. The van der Waals surface area contributed by atoms with Crippen LogP contribution in [0.1, 0.15) is 36.0 Å². The molecule has 1 aromatic carbocycles. The van der Waals surface area contributed by atoms with Crippen molar-refractivity contribution in [1.29, 1.82) is 0 Å². The Labute approximate surface area is 155 Å². The monoisotopic (exact) mass is 400 g/mol. The Balaban J connectivity index is 1.81. The standard InChI is InChI=1S/C17H24N2O5S2/c1-18(15-8-11-25(21,22)13-15)17(20)14-6-5-7-16(12-14)26(23,24)19-9-3-2-4-10-19/h5-7,12,15H,2-4,8-11,13H2,1H3/t15-/m0/s1. The molecule has 0 aromatic heterocycles. The number of hydrogen-bond donors (Lipinski definition) is 0. The molecule has 0 radical (unpaired) electrons. The van der Waals surface area contributed by atoms with Gasteiger partial charge >= 0.3 is 0 Å². The molecule has 0 spiro atoms. The average Bonchev–Trinajstić information content (AvgIpc) is 3.01. The predicted molar refractivity (Wildman–Crippen MR) is 98.2 cm³/mol. The van der Waals surface area contributed by atoms with E-state index in [-0.39, 0.29) is 33.9 Å². The molecule has 0 N–H and O–H groups in total. The summed E-state index contributed by atoms with van der Waals surface area (Å²) in [6.07, 6.45) is 3.13. The van der Waals surface area contributed by atoms with Gasteiger partial charge in [0.05, 0.1) is 16.4 Å². The van der Waals surface area contributed by atoms with Crippen molar-refractivity contribution in [2.24, 2.45) is 0 Å². The van der Waals surface area contributed by atoms with Crippen molar-refractivity contribution in [1.82, 2.24) is 9.21 Å². The van der Waals surface area contributed by atoms with Gasteiger partial charge in [-0.3, -0.25) is 4.79 Å². The number of hydrogen-bond acceptors (Lipinski definition) is 5. The quantitative estimate of drug-likeness (QED) is 0.755. The van der Waals surface area contributed by atoms with E-state index in [1.54, 1.807) is 19.2 Å². The summed E-state index contributed by atoms with van der Waals surface area (Å²) in [5, 5.41) is 0. The second kappa shape index (κ2) is 7.28. The van der Waals surface area contributed by atoms with Gasteiger partial charge in [0.25, 0.3) is 5.91 Å². The minimum Gasteiger partial charge on any atom is -0.338 e. The van der Waals surface area contributed by atoms with Crippen LogP contribution in [0.3, 0.4) is 0 Å². The van der Waals surface area contributed by atoms with E-state index in [1.165, 1.54) is 21.3 Å². The van der Waals surface area contributed by atoms with Crippen molar-refractivity contribution < 1.29 is 21.6 Å². The fraction of sp³-hybridized carbons (Fsp3) is 0.588. The third kappa shape index (κ3) is 3.94. The normalized spacial score (nSPS) is 23.7. The van der Waals surface area contributed by atoms with Gasteiger partial charge in [-0.15, -0.1) is 0 Å². The maximum atomic E-state index is 12.8. The number of carbonyl (C=O) groups is 1. The van der Waals surface area contributed by atoms with E-state index in [2.05, 4.69) is 0 Å². The highest BCUT2D eigenvalue weighted by molar-refractivity contribution is 7.91. The molecule has 2 heterocycles. The van der Waals surface area contributed by atoms with Gasteiger partial charge < -0.3 is 4.90 Å². The molecule has 2 aliphatic rings. The van der Waals surface area contributed by atoms with Crippen LogP contribution in [0.5, 0.6) is 0 Å². The molecule has 1 aromatic rings. The van der Waals surface area contributed by atoms with Gasteiger partial charge in [0, 0.05) is 31.7 Å². The van der Waals surface area contributed by atoms with E-state index in [9.17, 15) is 21.6 Å². The Kier molecular flexibility index (Phi) is 5.41. The smallest absolute Gasteiger partial charge is 0.253 e. The second-order valence-corrected chi connectivity index (χ2v) is 11.1. The lowest BCUT2D eigenvalue weighted by molar-refractivity contribution is 0.0747. The molecule has 26 heavy (non-hydrogen) atoms. The maximum absolute atomic E-state index is 12.8. The molecule has 3 rings (SSSR count). The first kappa shape index (κ1) is 19.3. The van der Waals surface area contributed by atoms with Crippen molar-refractivity contribution in [3.63, 3.8) is 0 Å². The zero-order valence-corrected chi connectivity index (χ0v) is 16.4. The summed E-state index contributed by atoms with van der Waals surface area (Å²) >= 11 is 0. The van der Waals surface area contributed by atoms with Crippen molar-refractivity contribution in [3.05, 3.63) is 29.8 Å². The summed E-state index contributed by atoms with van der Waals surface area (Å²) in [5.41, 5.74) is 0.259. The van der Waals surface area contributed by atoms with E-state index in [1.807, 2.05) is 0 Å². The lowest BCUT2D eigenvalue weighted by Gasteiger charge is -2.26. The molecule has 0 aliphatic carbocycles. The number of rotatable bonds is 4. The zero-order valence-electron chi connectivity index (χ0n) is 14.8. The van der Waals surface area contributed by atoms with Crippen molar-refractivity contribution in [3.8, 4) is 0 Å². The van der Waals surface area contributed by atoms with Gasteiger partial charge in [-0.2, -0.15) is 4.31 Å². The average molecular weight is 401 g/mol. The molecular weight excluding hydrogens is 376 g/mol. The van der Waals surface area contributed by atoms with Crippen LogP contribution in [-0.4, -0.2) is 69.6 Å². The summed E-state index contributed by atoms with van der Waals surface area (Å²) in [6.45, 7) is 1.00. The molecule has 9 heteroatoms. The van der Waals surface area contributed by atoms with Gasteiger partial charge in [-0.05, 0) is 37.5 Å². The molecule has 0 saturated carbocycles. The Morgan fingerprint density at radius 3 is 2.50 bits per heavy atom. The molecular formula is C17H24N2O5S2. The third-order valence-electron chi connectivity index (χ3n) is 5.11. The first-order chi connectivity index (χ1) is 12.2. The highest BCUT2D eigenvalue weighted by atomic mass is 32.2. The number of amides is 1. The second-order valence-electron chi connectivity index (χ2n) is 6.97. The Bertz CT molecular complexity index is 889. The SMILES string of the molecule is CN(C(=O)c1cccc(S(=O)(=O)N2CCCCC2)c1)[C@H]1CCS(=O)(=O)C1. The number of carbonyl (C=O) groups excluding carboxylic acids is 1. The van der Waals surface area contributed by atoms with Gasteiger partial charge in [0.15, 0.2) is 9.84 Å². The van der Waals surface area contributed by atoms with Crippen LogP contribution in [0.2, 0.25) is 0 Å². The van der Waals surface area contributed by atoms with Gasteiger partial charge in [-0.1, -0.05) is 12.5 Å². The molecule has 0 bridgehead atoms. The van der Waals surface area contributed by atoms with Crippen molar-refractivity contribution >= 4 is 25.8 Å². The molecule has 0 unspecified atom stereocenters. The molecule has 2 saturated heterocycles. The fourth-order valence-corrected chi connectivity index (χ4v) is 6.83. The minimum absolute atomic E-state index is 0.0407. The zero-order chi connectivity index (χ0) is 18.9. The summed E-state index contributed by atoms with van der Waals surface area (Å²) in [4.78, 5) is 14.2. The number of benzene rings is 1. The summed E-state index contributed by atoms with van der Waals surface area (Å²) in [6, 6.07) is 5.66. The lowest BCUT2D eigenvalue weighted by Crippen LogP contribution is -2.38. The minimum atomic E-state index is -3.61. The summed E-state index contributed by atoms with van der Waals surface area (Å²) in [5.74, 6) is -0.317. The topological polar surface area (TPSA) is 91.8 Å². The largest absolute Gasteiger partial charge is 0.338 e. The maximum Gasteiger partial charge on any atom is 0.253 e. The van der Waals surface area contributed by atoms with Crippen molar-refractivity contribution in [2.75, 3.05) is 31.6 Å². The molecule has 1 atom stereocenters. The van der Waals surface area contributed by atoms with Crippen LogP contribution < -0.4 is 0 Å². The van der Waals surface area contributed by atoms with E-state index >= 15 is 0 Å². The van der Waals surface area contributed by atoms with Gasteiger partial charge in [0.2, 0.25) is 10.0 Å². The molecule has 1 amide bonds. The molecule has 2 aliphatic heterocycles. The van der Waals surface area contributed by atoms with E-state index in [4.69, 9.17) is 0 Å². The van der Waals surface area contributed by atoms with Gasteiger partial charge in [0.1, 0.15) is 0 Å². The summed E-state index contributed by atoms with van der Waals surface area (Å²) < 4.78 is 50.3. The number of sulfonamides is 1. The number of sulfone groups is 1. The van der Waals surface area contributed by atoms with Gasteiger partial charge in [-0.25, -0.2) is 16.8 Å². The Morgan fingerprint density at radius 1 is 1.19 bits per heavy atom. The van der Waals surface area contributed by atoms with E-state index < -0.39 is 19.9 Å². The van der Waals surface area contributed by atoms with Crippen molar-refractivity contribution in [2.45, 2.75) is 36.6 Å². The van der Waals surface area contributed by atoms with Crippen LogP contribution in [0.4, 0.5) is 0 Å². The van der Waals surface area contributed by atoms with E-state index in [0.717, 1.165) is 19.3 Å². The van der Waals surface area contributed by atoms with Crippen LogP contribution in [0.15, 0.2) is 29.2 Å². The van der Waals surface area contributed by atoms with E-state index in [0.29, 0.717) is 19.5 Å². The third-order valence-corrected chi connectivity index (χ3v) is 8.76. The number of piperidine rings is 1. The highest BCUT2D eigenvalue weighted by Gasteiger charge is 2.33. The predicted octanol–water partition coefficient (Wildman–Crippen LogP) is 1.12. The first-order valence-corrected chi connectivity index (χ1v) is 12.0. The van der Waals surface area contributed by atoms with Crippen LogP contribution in [0, 0.1) is 0 Å². The molecule has 7 nitrogen and oxygen atoms in total. The first-order valence-electron chi connectivity index (χ1n) is 8.78.